The zero-order valence-electron chi connectivity index (χ0n) is 10.4. The molecular formula is C12H12Cl3NO3S. The average Bonchev–Trinajstić information content (AvgIpc) is 2.74. The van der Waals surface area contributed by atoms with Crippen LogP contribution >= 0.6 is 34.8 Å². The quantitative estimate of drug-likeness (QED) is 0.783. The van der Waals surface area contributed by atoms with Crippen molar-refractivity contribution in [2.45, 2.75) is 12.5 Å². The first-order chi connectivity index (χ1) is 9.34. The summed E-state index contributed by atoms with van der Waals surface area (Å²) >= 11 is 17.6. The third-order valence-electron chi connectivity index (χ3n) is 3.12. The van der Waals surface area contributed by atoms with Crippen LogP contribution in [-0.4, -0.2) is 37.8 Å². The van der Waals surface area contributed by atoms with Crippen molar-refractivity contribution >= 4 is 56.2 Å². The molecule has 0 spiro atoms. The van der Waals surface area contributed by atoms with E-state index >= 15 is 0 Å². The fraction of sp³-hybridized carbons (Fsp3) is 0.417. The lowest BCUT2D eigenvalue weighted by molar-refractivity contribution is -0.116. The first-order valence-electron chi connectivity index (χ1n) is 5.87. The van der Waals surface area contributed by atoms with Gasteiger partial charge in [-0.1, -0.05) is 23.2 Å². The van der Waals surface area contributed by atoms with Gasteiger partial charge in [0.05, 0.1) is 28.3 Å². The molecule has 1 aromatic carbocycles. The molecule has 1 aromatic rings. The lowest BCUT2D eigenvalue weighted by Gasteiger charge is -2.28. The second-order valence-electron chi connectivity index (χ2n) is 4.55. The van der Waals surface area contributed by atoms with E-state index in [1.54, 1.807) is 18.2 Å². The van der Waals surface area contributed by atoms with Crippen molar-refractivity contribution in [1.82, 2.24) is 0 Å². The minimum absolute atomic E-state index is 0.0575. The number of amides is 1. The molecule has 20 heavy (non-hydrogen) atoms. The van der Waals surface area contributed by atoms with E-state index < -0.39 is 21.8 Å². The van der Waals surface area contributed by atoms with Crippen LogP contribution in [0.1, 0.15) is 6.42 Å². The van der Waals surface area contributed by atoms with Gasteiger partial charge in [-0.3, -0.25) is 4.79 Å². The molecule has 0 N–H and O–H groups in total. The summed E-state index contributed by atoms with van der Waals surface area (Å²) in [5.74, 6) is -0.669. The Morgan fingerprint density at radius 1 is 1.35 bits per heavy atom. The molecule has 0 aromatic heterocycles. The van der Waals surface area contributed by atoms with Gasteiger partial charge in [0.2, 0.25) is 5.91 Å². The maximum atomic E-state index is 12.1. The van der Waals surface area contributed by atoms with E-state index in [9.17, 15) is 13.2 Å². The van der Waals surface area contributed by atoms with Crippen molar-refractivity contribution in [3.8, 4) is 0 Å². The highest BCUT2D eigenvalue weighted by Crippen LogP contribution is 2.33. The Kier molecular flexibility index (Phi) is 4.84. The number of hydrogen-bond acceptors (Lipinski definition) is 3. The third kappa shape index (κ3) is 3.39. The van der Waals surface area contributed by atoms with Crippen molar-refractivity contribution in [2.75, 3.05) is 22.3 Å². The Labute approximate surface area is 132 Å². The van der Waals surface area contributed by atoms with Crippen LogP contribution in [0.25, 0.3) is 0 Å². The SMILES string of the molecule is O=C(CCl)N(c1cc(Cl)ccc1Cl)[C@@H]1CCS(=O)(=O)C1. The summed E-state index contributed by atoms with van der Waals surface area (Å²) in [7, 11) is -3.13. The van der Waals surface area contributed by atoms with Crippen molar-refractivity contribution in [1.29, 1.82) is 0 Å². The fourth-order valence-corrected chi connectivity index (χ4v) is 4.45. The maximum Gasteiger partial charge on any atom is 0.242 e. The molecule has 1 aliphatic heterocycles. The number of carbonyl (C=O) groups excluding carboxylic acids is 1. The van der Waals surface area contributed by atoms with Gasteiger partial charge < -0.3 is 4.90 Å². The van der Waals surface area contributed by atoms with Gasteiger partial charge in [0.1, 0.15) is 5.88 Å². The summed E-state index contributed by atoms with van der Waals surface area (Å²) in [5.41, 5.74) is 0.395. The number of hydrogen-bond donors (Lipinski definition) is 0. The highest BCUT2D eigenvalue weighted by atomic mass is 35.5. The first-order valence-corrected chi connectivity index (χ1v) is 8.99. The first kappa shape index (κ1) is 15.9. The van der Waals surface area contributed by atoms with Crippen molar-refractivity contribution in [2.24, 2.45) is 0 Å². The Bertz CT molecular complexity index is 633. The van der Waals surface area contributed by atoms with Gasteiger partial charge in [-0.15, -0.1) is 11.6 Å². The average molecular weight is 357 g/mol. The van der Waals surface area contributed by atoms with E-state index in [0.717, 1.165) is 0 Å². The molecule has 0 bridgehead atoms. The zero-order valence-corrected chi connectivity index (χ0v) is 13.4. The van der Waals surface area contributed by atoms with Gasteiger partial charge in [-0.25, -0.2) is 8.42 Å². The molecule has 110 valence electrons. The molecule has 1 atom stereocenters. The number of anilines is 1. The van der Waals surface area contributed by atoms with E-state index in [0.29, 0.717) is 22.2 Å². The van der Waals surface area contributed by atoms with Gasteiger partial charge in [-0.2, -0.15) is 0 Å². The monoisotopic (exact) mass is 355 g/mol. The fourth-order valence-electron chi connectivity index (χ4n) is 2.25. The van der Waals surface area contributed by atoms with Crippen molar-refractivity contribution < 1.29 is 13.2 Å². The standard InChI is InChI=1S/C12H12Cl3NO3S/c13-6-12(17)16(9-3-4-20(18,19)7-9)11-5-8(14)1-2-10(11)15/h1-2,5,9H,3-4,6-7H2/t9-/m1/s1. The van der Waals surface area contributed by atoms with Crippen LogP contribution in [0.2, 0.25) is 10.0 Å². The van der Waals surface area contributed by atoms with Crippen LogP contribution in [0.5, 0.6) is 0 Å². The number of sulfone groups is 1. The number of alkyl halides is 1. The largest absolute Gasteiger partial charge is 0.306 e. The molecule has 0 aliphatic carbocycles. The number of benzene rings is 1. The molecule has 1 aliphatic rings. The molecule has 2 rings (SSSR count). The Balaban J connectivity index is 2.43. The van der Waals surface area contributed by atoms with Crippen LogP contribution in [0.4, 0.5) is 5.69 Å². The summed E-state index contributed by atoms with van der Waals surface area (Å²) in [5, 5.41) is 0.745. The molecule has 8 heteroatoms. The van der Waals surface area contributed by atoms with Gasteiger partial charge in [0, 0.05) is 5.02 Å². The van der Waals surface area contributed by atoms with E-state index in [-0.39, 0.29) is 17.4 Å². The van der Waals surface area contributed by atoms with Crippen LogP contribution in [0, 0.1) is 0 Å². The van der Waals surface area contributed by atoms with Crippen LogP contribution < -0.4 is 4.90 Å². The van der Waals surface area contributed by atoms with Gasteiger partial charge >= 0.3 is 0 Å². The molecule has 0 radical (unpaired) electrons. The maximum absolute atomic E-state index is 12.1. The summed E-state index contributed by atoms with van der Waals surface area (Å²) in [4.78, 5) is 13.4. The minimum Gasteiger partial charge on any atom is -0.306 e. The molecule has 1 amide bonds. The topological polar surface area (TPSA) is 54.5 Å². The lowest BCUT2D eigenvalue weighted by atomic mass is 10.2. The Hall–Kier alpha value is -0.490. The summed E-state index contributed by atoms with van der Waals surface area (Å²) in [6, 6.07) is 4.25. The molecule has 4 nitrogen and oxygen atoms in total. The molecule has 1 fully saturated rings. The predicted molar refractivity (Wildman–Crippen MR) is 81.7 cm³/mol. The normalized spacial score (nSPS) is 20.9. The van der Waals surface area contributed by atoms with Crippen molar-refractivity contribution in [3.05, 3.63) is 28.2 Å². The zero-order chi connectivity index (χ0) is 14.9. The van der Waals surface area contributed by atoms with Crippen LogP contribution in [0.3, 0.4) is 0 Å². The highest BCUT2D eigenvalue weighted by molar-refractivity contribution is 7.91. The molecule has 0 saturated carbocycles. The lowest BCUT2D eigenvalue weighted by Crippen LogP contribution is -2.42. The molecule has 1 heterocycles. The number of rotatable bonds is 3. The number of halogens is 3. The minimum atomic E-state index is -3.13. The van der Waals surface area contributed by atoms with E-state index in [2.05, 4.69) is 0 Å². The van der Waals surface area contributed by atoms with E-state index in [1.807, 2.05) is 0 Å². The van der Waals surface area contributed by atoms with Crippen LogP contribution in [0.15, 0.2) is 18.2 Å². The predicted octanol–water partition coefficient (Wildman–Crippen LogP) is 2.75. The van der Waals surface area contributed by atoms with Gasteiger partial charge in [0.25, 0.3) is 0 Å². The Morgan fingerprint density at radius 2 is 2.05 bits per heavy atom. The smallest absolute Gasteiger partial charge is 0.242 e. The van der Waals surface area contributed by atoms with Crippen LogP contribution in [-0.2, 0) is 14.6 Å². The third-order valence-corrected chi connectivity index (χ3v) is 5.66. The second-order valence-corrected chi connectivity index (χ2v) is 7.89. The number of carbonyl (C=O) groups is 1. The van der Waals surface area contributed by atoms with E-state index in [4.69, 9.17) is 34.8 Å². The molecule has 1 saturated heterocycles. The Morgan fingerprint density at radius 3 is 2.60 bits per heavy atom. The number of nitrogens with zero attached hydrogens (tertiary/aromatic N) is 1. The van der Waals surface area contributed by atoms with E-state index in [1.165, 1.54) is 4.90 Å². The summed E-state index contributed by atoms with van der Waals surface area (Å²) < 4.78 is 23.2. The molecular weight excluding hydrogens is 345 g/mol. The van der Waals surface area contributed by atoms with Gasteiger partial charge in [0.15, 0.2) is 9.84 Å². The second kappa shape index (κ2) is 6.10. The van der Waals surface area contributed by atoms with Gasteiger partial charge in [-0.05, 0) is 24.6 Å². The molecule has 0 unspecified atom stereocenters. The summed E-state index contributed by atoms with van der Waals surface area (Å²) in [6.45, 7) is 0. The van der Waals surface area contributed by atoms with Crippen molar-refractivity contribution in [3.63, 3.8) is 0 Å². The summed E-state index contributed by atoms with van der Waals surface area (Å²) in [6.07, 6.45) is 0.369. The highest BCUT2D eigenvalue weighted by Gasteiger charge is 2.36.